The van der Waals surface area contributed by atoms with Gasteiger partial charge < -0.3 is 9.80 Å². The van der Waals surface area contributed by atoms with E-state index in [0.29, 0.717) is 23.7 Å². The molecule has 0 bridgehead atoms. The lowest BCUT2D eigenvalue weighted by Gasteiger charge is -2.15. The van der Waals surface area contributed by atoms with Crippen molar-refractivity contribution in [3.63, 3.8) is 0 Å². The van der Waals surface area contributed by atoms with Crippen LogP contribution in [0.15, 0.2) is 0 Å². The monoisotopic (exact) mass is 168 g/mol. The van der Waals surface area contributed by atoms with Crippen molar-refractivity contribution in [2.75, 3.05) is 34.2 Å². The zero-order valence-corrected chi connectivity index (χ0v) is 7.95. The SMILES string of the molecule is CN1CC2C(C1)C2C(=O)N(C)C. The summed E-state index contributed by atoms with van der Waals surface area (Å²) in [6.45, 7) is 2.24. The second-order valence-corrected chi connectivity index (χ2v) is 4.31. The number of rotatable bonds is 1. The van der Waals surface area contributed by atoms with Crippen LogP contribution in [-0.2, 0) is 4.79 Å². The van der Waals surface area contributed by atoms with E-state index in [2.05, 4.69) is 11.9 Å². The molecule has 0 spiro atoms. The van der Waals surface area contributed by atoms with Crippen LogP contribution in [0.3, 0.4) is 0 Å². The highest BCUT2D eigenvalue weighted by Crippen LogP contribution is 2.51. The predicted octanol–water partition coefficient (Wildman–Crippen LogP) is -0.118. The summed E-state index contributed by atoms with van der Waals surface area (Å²) in [5.74, 6) is 2.03. The van der Waals surface area contributed by atoms with Crippen LogP contribution in [0.1, 0.15) is 0 Å². The summed E-state index contributed by atoms with van der Waals surface area (Å²) in [4.78, 5) is 15.6. The van der Waals surface area contributed by atoms with Crippen molar-refractivity contribution in [2.45, 2.75) is 0 Å². The van der Waals surface area contributed by atoms with Crippen molar-refractivity contribution in [2.24, 2.45) is 17.8 Å². The van der Waals surface area contributed by atoms with Crippen molar-refractivity contribution in [3.8, 4) is 0 Å². The standard InChI is InChI=1S/C9H16N2O/c1-10(2)9(12)8-6-4-11(3)5-7(6)8/h6-8H,4-5H2,1-3H3. The molecule has 0 aromatic heterocycles. The van der Waals surface area contributed by atoms with E-state index >= 15 is 0 Å². The summed E-state index contributed by atoms with van der Waals surface area (Å²) in [6, 6.07) is 0. The van der Waals surface area contributed by atoms with Gasteiger partial charge in [0.15, 0.2) is 0 Å². The molecule has 2 unspecified atom stereocenters. The first-order chi connectivity index (χ1) is 5.61. The smallest absolute Gasteiger partial charge is 0.225 e. The fourth-order valence-electron chi connectivity index (χ4n) is 2.40. The molecule has 2 fully saturated rings. The van der Waals surface area contributed by atoms with Gasteiger partial charge in [0.1, 0.15) is 0 Å². The first-order valence-corrected chi connectivity index (χ1v) is 4.51. The Morgan fingerprint density at radius 1 is 1.33 bits per heavy atom. The van der Waals surface area contributed by atoms with Gasteiger partial charge in [-0.25, -0.2) is 0 Å². The second kappa shape index (κ2) is 2.46. The number of nitrogens with zero attached hydrogens (tertiary/aromatic N) is 2. The van der Waals surface area contributed by atoms with Crippen LogP contribution < -0.4 is 0 Å². The lowest BCUT2D eigenvalue weighted by Crippen LogP contribution is -2.29. The highest BCUT2D eigenvalue weighted by atomic mass is 16.2. The number of hydrogen-bond acceptors (Lipinski definition) is 2. The number of likely N-dealkylation sites (tertiary alicyclic amines) is 1. The van der Waals surface area contributed by atoms with Crippen molar-refractivity contribution < 1.29 is 4.79 Å². The van der Waals surface area contributed by atoms with Gasteiger partial charge in [-0.15, -0.1) is 0 Å². The third kappa shape index (κ3) is 1.04. The third-order valence-corrected chi connectivity index (χ3v) is 3.10. The maximum absolute atomic E-state index is 11.5. The third-order valence-electron chi connectivity index (χ3n) is 3.10. The van der Waals surface area contributed by atoms with Gasteiger partial charge in [0.2, 0.25) is 5.91 Å². The minimum Gasteiger partial charge on any atom is -0.349 e. The number of fused-ring (bicyclic) bond motifs is 1. The lowest BCUT2D eigenvalue weighted by molar-refractivity contribution is -0.130. The van der Waals surface area contributed by atoms with E-state index in [0.717, 1.165) is 13.1 Å². The van der Waals surface area contributed by atoms with E-state index in [1.54, 1.807) is 4.90 Å². The summed E-state index contributed by atoms with van der Waals surface area (Å²) in [7, 11) is 5.82. The molecule has 1 saturated heterocycles. The van der Waals surface area contributed by atoms with Crippen molar-refractivity contribution >= 4 is 5.91 Å². The average Bonchev–Trinajstić information content (AvgIpc) is 2.48. The Morgan fingerprint density at radius 2 is 1.83 bits per heavy atom. The summed E-state index contributed by atoms with van der Waals surface area (Å²) in [5, 5.41) is 0. The van der Waals surface area contributed by atoms with Crippen molar-refractivity contribution in [1.29, 1.82) is 0 Å². The first kappa shape index (κ1) is 8.05. The normalized spacial score (nSPS) is 39.4. The van der Waals surface area contributed by atoms with E-state index in [9.17, 15) is 4.79 Å². The molecule has 68 valence electrons. The van der Waals surface area contributed by atoms with Crippen LogP contribution in [0.5, 0.6) is 0 Å². The van der Waals surface area contributed by atoms with E-state index in [-0.39, 0.29) is 0 Å². The highest BCUT2D eigenvalue weighted by Gasteiger charge is 2.58. The van der Waals surface area contributed by atoms with Crippen LogP contribution in [0.2, 0.25) is 0 Å². The molecular weight excluding hydrogens is 152 g/mol. The molecule has 1 heterocycles. The molecule has 0 N–H and O–H groups in total. The molecule has 0 radical (unpaired) electrons. The van der Waals surface area contributed by atoms with Gasteiger partial charge in [-0.1, -0.05) is 0 Å². The van der Waals surface area contributed by atoms with E-state index < -0.39 is 0 Å². The van der Waals surface area contributed by atoms with E-state index in [1.165, 1.54) is 0 Å². The molecule has 2 aliphatic rings. The fraction of sp³-hybridized carbons (Fsp3) is 0.889. The second-order valence-electron chi connectivity index (χ2n) is 4.31. The number of piperidine rings is 1. The molecule has 1 aliphatic carbocycles. The maximum Gasteiger partial charge on any atom is 0.225 e. The van der Waals surface area contributed by atoms with Crippen molar-refractivity contribution in [1.82, 2.24) is 9.80 Å². The van der Waals surface area contributed by atoms with Gasteiger partial charge in [0.05, 0.1) is 0 Å². The molecule has 1 aliphatic heterocycles. The van der Waals surface area contributed by atoms with Gasteiger partial charge in [-0.05, 0) is 18.9 Å². The molecule has 2 atom stereocenters. The van der Waals surface area contributed by atoms with Crippen LogP contribution >= 0.6 is 0 Å². The maximum atomic E-state index is 11.5. The summed E-state index contributed by atoms with van der Waals surface area (Å²) < 4.78 is 0. The number of carbonyl (C=O) groups excluding carboxylic acids is 1. The topological polar surface area (TPSA) is 23.6 Å². The van der Waals surface area contributed by atoms with Gasteiger partial charge in [-0.3, -0.25) is 4.79 Å². The summed E-state index contributed by atoms with van der Waals surface area (Å²) in [6.07, 6.45) is 0. The Kier molecular flexibility index (Phi) is 1.65. The minimum atomic E-state index is 0.332. The molecule has 2 rings (SSSR count). The summed E-state index contributed by atoms with van der Waals surface area (Å²) >= 11 is 0. The van der Waals surface area contributed by atoms with E-state index in [4.69, 9.17) is 0 Å². The zero-order chi connectivity index (χ0) is 8.88. The lowest BCUT2D eigenvalue weighted by atomic mass is 10.2. The largest absolute Gasteiger partial charge is 0.349 e. The molecule has 12 heavy (non-hydrogen) atoms. The number of carbonyl (C=O) groups is 1. The van der Waals surface area contributed by atoms with Gasteiger partial charge >= 0.3 is 0 Å². The van der Waals surface area contributed by atoms with Gasteiger partial charge in [0, 0.05) is 33.1 Å². The average molecular weight is 168 g/mol. The van der Waals surface area contributed by atoms with Gasteiger partial charge in [0.25, 0.3) is 0 Å². The van der Waals surface area contributed by atoms with E-state index in [1.807, 2.05) is 14.1 Å². The Hall–Kier alpha value is -0.570. The minimum absolute atomic E-state index is 0.332. The van der Waals surface area contributed by atoms with Gasteiger partial charge in [-0.2, -0.15) is 0 Å². The Balaban J connectivity index is 1.93. The Labute approximate surface area is 73.3 Å². The number of amides is 1. The van der Waals surface area contributed by atoms with Crippen LogP contribution in [0, 0.1) is 17.8 Å². The van der Waals surface area contributed by atoms with Crippen LogP contribution in [-0.4, -0.2) is 49.9 Å². The molecule has 3 heteroatoms. The molecule has 3 nitrogen and oxygen atoms in total. The Bertz CT molecular complexity index is 203. The van der Waals surface area contributed by atoms with Crippen molar-refractivity contribution in [3.05, 3.63) is 0 Å². The van der Waals surface area contributed by atoms with Crippen LogP contribution in [0.4, 0.5) is 0 Å². The molecule has 1 saturated carbocycles. The molecule has 0 aromatic carbocycles. The zero-order valence-electron chi connectivity index (χ0n) is 7.95. The predicted molar refractivity (Wildman–Crippen MR) is 46.7 cm³/mol. The summed E-state index contributed by atoms with van der Waals surface area (Å²) in [5.41, 5.74) is 0. The quantitative estimate of drug-likeness (QED) is 0.545. The molecular formula is C9H16N2O. The fourth-order valence-corrected chi connectivity index (χ4v) is 2.40. The molecule has 1 amide bonds. The van der Waals surface area contributed by atoms with Crippen LogP contribution in [0.25, 0.3) is 0 Å². The first-order valence-electron chi connectivity index (χ1n) is 4.51. The number of hydrogen-bond donors (Lipinski definition) is 0. The Morgan fingerprint density at radius 3 is 2.25 bits per heavy atom. The molecule has 0 aromatic rings. The highest BCUT2D eigenvalue weighted by molar-refractivity contribution is 5.82.